The van der Waals surface area contributed by atoms with E-state index in [9.17, 15) is 0 Å². The summed E-state index contributed by atoms with van der Waals surface area (Å²) in [7, 11) is 0. The van der Waals surface area contributed by atoms with Crippen LogP contribution in [0.15, 0.2) is 24.9 Å². The Kier molecular flexibility index (Phi) is 14.9. The van der Waals surface area contributed by atoms with E-state index in [4.69, 9.17) is 5.73 Å². The third-order valence-corrected chi connectivity index (χ3v) is 1.48. The maximum Gasteiger partial charge on any atom is -0.0100 e. The molecule has 0 saturated carbocycles. The van der Waals surface area contributed by atoms with Crippen LogP contribution in [-0.4, -0.2) is 0 Å². The molecule has 0 rings (SSSR count). The number of hydrogen-bond donors (Lipinski definition) is 1. The van der Waals surface area contributed by atoms with Gasteiger partial charge in [0.15, 0.2) is 0 Å². The second-order valence-corrected chi connectivity index (χ2v) is 2.89. The fourth-order valence-corrected chi connectivity index (χ4v) is 0.531. The van der Waals surface area contributed by atoms with Gasteiger partial charge in [-0.1, -0.05) is 45.8 Å². The lowest BCUT2D eigenvalue weighted by Crippen LogP contribution is -1.87. The number of rotatable bonds is 4. The van der Waals surface area contributed by atoms with Crippen LogP contribution >= 0.6 is 0 Å². The minimum Gasteiger partial charge on any atom is -0.405 e. The average Bonchev–Trinajstić information content (AvgIpc) is 2.06. The topological polar surface area (TPSA) is 26.0 Å². The highest BCUT2D eigenvalue weighted by molar-refractivity contribution is 4.86. The largest absolute Gasteiger partial charge is 0.405 e. The maximum absolute atomic E-state index is 5.14. The van der Waals surface area contributed by atoms with Gasteiger partial charge >= 0.3 is 0 Å². The molecule has 12 heavy (non-hydrogen) atoms. The Hall–Kier alpha value is -0.720. The zero-order valence-corrected chi connectivity index (χ0v) is 8.72. The average molecular weight is 169 g/mol. The standard InChI is InChI=1S/C7H13N.C4H10/c1-3-4-7(2)5-6-8;1-3-4-2/h3,5-7H,1,4,8H2,2H3;3-4H2,1-2H3/b6-5-;. The van der Waals surface area contributed by atoms with E-state index in [0.29, 0.717) is 5.92 Å². The molecule has 0 aliphatic heterocycles. The molecule has 1 atom stereocenters. The smallest absolute Gasteiger partial charge is 0.0100 e. The van der Waals surface area contributed by atoms with Crippen LogP contribution in [0, 0.1) is 5.92 Å². The number of nitrogens with two attached hydrogens (primary N) is 1. The molecule has 0 aromatic carbocycles. The van der Waals surface area contributed by atoms with E-state index in [1.165, 1.54) is 12.8 Å². The van der Waals surface area contributed by atoms with Crippen LogP contribution in [0.1, 0.15) is 40.0 Å². The van der Waals surface area contributed by atoms with Crippen molar-refractivity contribution in [1.29, 1.82) is 0 Å². The predicted octanol–water partition coefficient (Wildman–Crippen LogP) is 3.48. The fourth-order valence-electron chi connectivity index (χ4n) is 0.531. The minimum atomic E-state index is 0.539. The fraction of sp³-hybridized carbons (Fsp3) is 0.636. The van der Waals surface area contributed by atoms with Crippen molar-refractivity contribution in [3.8, 4) is 0 Å². The highest BCUT2D eigenvalue weighted by atomic mass is 14.5. The highest BCUT2D eigenvalue weighted by Crippen LogP contribution is 2.01. The van der Waals surface area contributed by atoms with Crippen LogP contribution in [-0.2, 0) is 0 Å². The van der Waals surface area contributed by atoms with Crippen molar-refractivity contribution < 1.29 is 0 Å². The van der Waals surface area contributed by atoms with Gasteiger partial charge in [0.2, 0.25) is 0 Å². The van der Waals surface area contributed by atoms with E-state index in [0.717, 1.165) is 6.42 Å². The molecule has 0 aliphatic carbocycles. The molecule has 0 radical (unpaired) electrons. The van der Waals surface area contributed by atoms with Gasteiger partial charge in [-0.05, 0) is 18.5 Å². The first-order chi connectivity index (χ1) is 5.72. The molecule has 0 fully saturated rings. The molecule has 0 aromatic rings. The van der Waals surface area contributed by atoms with Crippen molar-refractivity contribution in [1.82, 2.24) is 0 Å². The Labute approximate surface area is 77.4 Å². The van der Waals surface area contributed by atoms with Crippen molar-refractivity contribution in [2.24, 2.45) is 11.7 Å². The Balaban J connectivity index is 0. The molecule has 0 heterocycles. The monoisotopic (exact) mass is 169 g/mol. The van der Waals surface area contributed by atoms with E-state index in [-0.39, 0.29) is 0 Å². The van der Waals surface area contributed by atoms with Crippen molar-refractivity contribution in [3.05, 3.63) is 24.9 Å². The summed E-state index contributed by atoms with van der Waals surface area (Å²) in [6.45, 7) is 10.1. The first-order valence-electron chi connectivity index (χ1n) is 4.72. The zero-order chi connectivity index (χ0) is 9.82. The molecule has 0 bridgehead atoms. The Morgan fingerprint density at radius 1 is 1.33 bits per heavy atom. The molecule has 0 spiro atoms. The summed E-state index contributed by atoms with van der Waals surface area (Å²) >= 11 is 0. The first-order valence-corrected chi connectivity index (χ1v) is 4.72. The van der Waals surface area contributed by atoms with Crippen LogP contribution in [0.4, 0.5) is 0 Å². The lowest BCUT2D eigenvalue weighted by Gasteiger charge is -1.96. The van der Waals surface area contributed by atoms with Crippen molar-refractivity contribution in [3.63, 3.8) is 0 Å². The van der Waals surface area contributed by atoms with Crippen molar-refractivity contribution in [2.45, 2.75) is 40.0 Å². The minimum absolute atomic E-state index is 0.539. The molecule has 1 unspecified atom stereocenters. The van der Waals surface area contributed by atoms with Gasteiger partial charge in [-0.3, -0.25) is 0 Å². The second-order valence-electron chi connectivity index (χ2n) is 2.89. The van der Waals surface area contributed by atoms with Gasteiger partial charge < -0.3 is 5.73 Å². The molecule has 2 N–H and O–H groups in total. The van der Waals surface area contributed by atoms with E-state index in [1.54, 1.807) is 6.20 Å². The summed E-state index contributed by atoms with van der Waals surface area (Å²) < 4.78 is 0. The van der Waals surface area contributed by atoms with Gasteiger partial charge in [-0.15, -0.1) is 6.58 Å². The van der Waals surface area contributed by atoms with Crippen LogP contribution in [0.5, 0.6) is 0 Å². The molecule has 1 nitrogen and oxygen atoms in total. The summed E-state index contributed by atoms with van der Waals surface area (Å²) in [4.78, 5) is 0. The summed E-state index contributed by atoms with van der Waals surface area (Å²) in [6.07, 6.45) is 9.08. The van der Waals surface area contributed by atoms with Crippen molar-refractivity contribution >= 4 is 0 Å². The predicted molar refractivity (Wildman–Crippen MR) is 57.9 cm³/mol. The van der Waals surface area contributed by atoms with Crippen molar-refractivity contribution in [2.75, 3.05) is 0 Å². The Morgan fingerprint density at radius 3 is 2.08 bits per heavy atom. The zero-order valence-electron chi connectivity index (χ0n) is 8.72. The SMILES string of the molecule is C=CCC(C)/C=C\N.CCCC. The van der Waals surface area contributed by atoms with Gasteiger partial charge in [0.05, 0.1) is 0 Å². The lowest BCUT2D eigenvalue weighted by molar-refractivity contribution is 0.744. The molecule has 0 saturated heterocycles. The Bertz CT molecular complexity index is 104. The van der Waals surface area contributed by atoms with Gasteiger partial charge in [0, 0.05) is 0 Å². The summed E-state index contributed by atoms with van der Waals surface area (Å²) in [5.41, 5.74) is 5.14. The molecule has 0 aliphatic rings. The molecular weight excluding hydrogens is 146 g/mol. The maximum atomic E-state index is 5.14. The molecule has 1 heteroatoms. The molecular formula is C11H23N. The van der Waals surface area contributed by atoms with Gasteiger partial charge in [-0.2, -0.15) is 0 Å². The third kappa shape index (κ3) is 16.1. The van der Waals surface area contributed by atoms with Gasteiger partial charge in [0.1, 0.15) is 0 Å². The third-order valence-electron chi connectivity index (χ3n) is 1.48. The number of allylic oxidation sites excluding steroid dienone is 2. The van der Waals surface area contributed by atoms with Crippen LogP contribution in [0.2, 0.25) is 0 Å². The highest BCUT2D eigenvalue weighted by Gasteiger charge is 1.88. The van der Waals surface area contributed by atoms with Crippen LogP contribution in [0.25, 0.3) is 0 Å². The normalized spacial score (nSPS) is 11.9. The Morgan fingerprint density at radius 2 is 1.83 bits per heavy atom. The summed E-state index contributed by atoms with van der Waals surface area (Å²) in [6, 6.07) is 0. The first kappa shape index (κ1) is 13.8. The quantitative estimate of drug-likeness (QED) is 0.641. The van der Waals surface area contributed by atoms with Crippen LogP contribution in [0.3, 0.4) is 0 Å². The lowest BCUT2D eigenvalue weighted by atomic mass is 10.1. The number of hydrogen-bond acceptors (Lipinski definition) is 1. The van der Waals surface area contributed by atoms with E-state index < -0.39 is 0 Å². The summed E-state index contributed by atoms with van der Waals surface area (Å²) in [5, 5.41) is 0. The van der Waals surface area contributed by atoms with Crippen LogP contribution < -0.4 is 5.73 Å². The van der Waals surface area contributed by atoms with E-state index >= 15 is 0 Å². The molecule has 0 aromatic heterocycles. The number of unbranched alkanes of at least 4 members (excludes halogenated alkanes) is 1. The van der Waals surface area contributed by atoms with Gasteiger partial charge in [0.25, 0.3) is 0 Å². The van der Waals surface area contributed by atoms with Gasteiger partial charge in [-0.25, -0.2) is 0 Å². The second kappa shape index (κ2) is 12.9. The summed E-state index contributed by atoms with van der Waals surface area (Å²) in [5.74, 6) is 0.539. The van der Waals surface area contributed by atoms with E-state index in [2.05, 4.69) is 27.4 Å². The molecule has 0 amide bonds. The van der Waals surface area contributed by atoms with E-state index in [1.807, 2.05) is 12.2 Å². The molecule has 72 valence electrons.